The van der Waals surface area contributed by atoms with Gasteiger partial charge in [0, 0.05) is 103 Å². The van der Waals surface area contributed by atoms with Gasteiger partial charge in [-0.15, -0.1) is 0 Å². The molecule has 1 aromatic heterocycles. The zero-order valence-electron chi connectivity index (χ0n) is 35.8. The van der Waals surface area contributed by atoms with Crippen molar-refractivity contribution in [1.29, 1.82) is 5.26 Å². The molecule has 3 saturated heterocycles. The first kappa shape index (κ1) is 41.8. The molecule has 4 aliphatic heterocycles. The molecule has 4 fully saturated rings. The Hall–Kier alpha value is -5.58. The molecule has 62 heavy (non-hydrogen) atoms. The van der Waals surface area contributed by atoms with Crippen LogP contribution in [0.15, 0.2) is 65.1 Å². The van der Waals surface area contributed by atoms with Gasteiger partial charge in [0.1, 0.15) is 29.5 Å². The number of hydrogen-bond acceptors (Lipinski definition) is 10. The van der Waals surface area contributed by atoms with E-state index in [-0.39, 0.29) is 47.1 Å². The molecule has 0 spiro atoms. The third-order valence-electron chi connectivity index (χ3n) is 14.3. The SMILES string of the molecule is CC1(C)[C@H](NC(=O)c2ccc(N3CCC(CCN4CCN(c5ccc6c7c(oc6c5)C(=O)N(C5CCC(=O)NC5=O)C7)CC4)CC3)cc2)C(C)(C)[C@H]1Oc1ccc(C#N)c(Cl)c1. The van der Waals surface area contributed by atoms with Gasteiger partial charge < -0.3 is 29.2 Å². The van der Waals surface area contributed by atoms with Gasteiger partial charge in [-0.25, -0.2) is 0 Å². The highest BCUT2D eigenvalue weighted by Gasteiger charge is 2.64. The van der Waals surface area contributed by atoms with Gasteiger partial charge in [-0.2, -0.15) is 5.26 Å². The summed E-state index contributed by atoms with van der Waals surface area (Å²) in [6.45, 7) is 15.6. The lowest BCUT2D eigenvalue weighted by atomic mass is 9.49. The van der Waals surface area contributed by atoms with Crippen LogP contribution in [0.2, 0.25) is 5.02 Å². The molecule has 1 saturated carbocycles. The topological polar surface area (TPSA) is 151 Å². The van der Waals surface area contributed by atoms with E-state index < -0.39 is 11.9 Å². The number of amides is 4. The minimum Gasteiger partial charge on any atom is -0.489 e. The minimum atomic E-state index is -0.658. The van der Waals surface area contributed by atoms with Crippen LogP contribution in [0.5, 0.6) is 5.75 Å². The maximum absolute atomic E-state index is 13.5. The Morgan fingerprint density at radius 3 is 2.27 bits per heavy atom. The van der Waals surface area contributed by atoms with Gasteiger partial charge >= 0.3 is 0 Å². The first-order valence-electron chi connectivity index (χ1n) is 21.9. The number of carbonyl (C=O) groups is 4. The van der Waals surface area contributed by atoms with Crippen LogP contribution in [0.1, 0.15) is 91.8 Å². The van der Waals surface area contributed by atoms with E-state index in [0.29, 0.717) is 52.1 Å². The third-order valence-corrected chi connectivity index (χ3v) is 14.6. The molecule has 5 aliphatic rings. The Labute approximate surface area is 367 Å². The molecule has 0 bridgehead atoms. The lowest BCUT2D eigenvalue weighted by Gasteiger charge is -2.63. The first-order chi connectivity index (χ1) is 29.7. The number of nitriles is 1. The summed E-state index contributed by atoms with van der Waals surface area (Å²) >= 11 is 6.26. The molecule has 1 unspecified atom stereocenters. The summed E-state index contributed by atoms with van der Waals surface area (Å²) in [5.41, 5.74) is 4.09. The summed E-state index contributed by atoms with van der Waals surface area (Å²) < 4.78 is 12.5. The quantitative estimate of drug-likeness (QED) is 0.164. The van der Waals surface area contributed by atoms with Crippen LogP contribution in [-0.2, 0) is 16.1 Å². The maximum Gasteiger partial charge on any atom is 0.290 e. The van der Waals surface area contributed by atoms with E-state index in [0.717, 1.165) is 81.0 Å². The van der Waals surface area contributed by atoms with E-state index in [2.05, 4.69) is 77.3 Å². The Kier molecular flexibility index (Phi) is 11.0. The molecule has 2 N–H and O–H groups in total. The number of carbonyl (C=O) groups excluding carboxylic acids is 4. The lowest BCUT2D eigenvalue weighted by molar-refractivity contribution is -0.164. The molecular formula is C48H54ClN7O6. The summed E-state index contributed by atoms with van der Waals surface area (Å²) in [5.74, 6) is 0.474. The normalized spacial score (nSPS) is 23.8. The molecule has 9 rings (SSSR count). The Morgan fingerprint density at radius 1 is 0.903 bits per heavy atom. The predicted octanol–water partition coefficient (Wildman–Crippen LogP) is 6.76. The van der Waals surface area contributed by atoms with E-state index in [9.17, 15) is 24.4 Å². The standard InChI is InChI=1S/C48H54ClN7O6/c1-47(2)45(48(3,4)46(47)61-34-11-7-31(27-50)37(49)26-34)52-42(58)30-5-8-32(9-6-30)54-19-16-29(17-20-54)15-18-53-21-23-55(24-22-53)33-10-12-35-36-28-56(38-13-14-40(57)51-43(38)59)44(60)41(36)62-39(35)25-33/h5-12,25-26,29,38,45-46H,13-24,28H2,1-4H3,(H,52,58)(H,51,57,59)/t38?,45-,46-. The number of piperidine rings is 2. The number of hydrogen-bond donors (Lipinski definition) is 2. The van der Waals surface area contributed by atoms with Gasteiger partial charge in [0.25, 0.3) is 11.8 Å². The number of nitrogens with one attached hydrogen (secondary N) is 2. The minimum absolute atomic E-state index is 0.0945. The monoisotopic (exact) mass is 859 g/mol. The van der Waals surface area contributed by atoms with Crippen molar-refractivity contribution in [3.8, 4) is 11.8 Å². The molecule has 0 radical (unpaired) electrons. The largest absolute Gasteiger partial charge is 0.489 e. The summed E-state index contributed by atoms with van der Waals surface area (Å²) in [6.07, 6.45) is 3.85. The Bertz CT molecular complexity index is 2440. The number of furan rings is 1. The van der Waals surface area contributed by atoms with Crippen molar-refractivity contribution in [1.82, 2.24) is 20.4 Å². The molecule has 3 aromatic carbocycles. The van der Waals surface area contributed by atoms with Crippen LogP contribution in [0.25, 0.3) is 11.0 Å². The zero-order chi connectivity index (χ0) is 43.5. The number of rotatable bonds is 10. The molecule has 4 amide bonds. The van der Waals surface area contributed by atoms with Crippen molar-refractivity contribution in [2.45, 2.75) is 84.5 Å². The van der Waals surface area contributed by atoms with Crippen molar-refractivity contribution in [2.24, 2.45) is 16.7 Å². The van der Waals surface area contributed by atoms with E-state index in [1.807, 2.05) is 24.3 Å². The van der Waals surface area contributed by atoms with E-state index in [1.54, 1.807) is 18.2 Å². The smallest absolute Gasteiger partial charge is 0.290 e. The van der Waals surface area contributed by atoms with Gasteiger partial charge in [-0.05, 0) is 86.7 Å². The summed E-state index contributed by atoms with van der Waals surface area (Å²) in [6, 6.07) is 20.6. The van der Waals surface area contributed by atoms with E-state index in [1.165, 1.54) is 11.3 Å². The van der Waals surface area contributed by atoms with Gasteiger partial charge in [-0.3, -0.25) is 29.4 Å². The van der Waals surface area contributed by atoms with Crippen LogP contribution < -0.4 is 25.2 Å². The number of halogens is 1. The fourth-order valence-corrected chi connectivity index (χ4v) is 11.2. The fourth-order valence-electron chi connectivity index (χ4n) is 11.0. The fraction of sp³-hybridized carbons (Fsp3) is 0.479. The number of anilines is 2. The first-order valence-corrected chi connectivity index (χ1v) is 22.3. The third kappa shape index (κ3) is 7.66. The van der Waals surface area contributed by atoms with E-state index >= 15 is 0 Å². The second kappa shape index (κ2) is 16.3. The van der Waals surface area contributed by atoms with Crippen LogP contribution in [0, 0.1) is 28.1 Å². The molecule has 14 heteroatoms. The van der Waals surface area contributed by atoms with Crippen LogP contribution in [0.4, 0.5) is 11.4 Å². The molecule has 1 atom stereocenters. The number of nitrogens with zero attached hydrogens (tertiary/aromatic N) is 5. The molecule has 4 aromatic rings. The highest BCUT2D eigenvalue weighted by atomic mass is 35.5. The second-order valence-corrected chi connectivity index (χ2v) is 19.3. The number of fused-ring (bicyclic) bond motifs is 3. The van der Waals surface area contributed by atoms with E-state index in [4.69, 9.17) is 20.8 Å². The van der Waals surface area contributed by atoms with Gasteiger partial charge in [0.15, 0.2) is 5.76 Å². The van der Waals surface area contributed by atoms with Crippen molar-refractivity contribution < 1.29 is 28.3 Å². The second-order valence-electron chi connectivity index (χ2n) is 18.9. The average molecular weight is 860 g/mol. The summed E-state index contributed by atoms with van der Waals surface area (Å²) in [5, 5.41) is 16.1. The molecule has 13 nitrogen and oxygen atoms in total. The molecule has 324 valence electrons. The zero-order valence-corrected chi connectivity index (χ0v) is 36.6. The van der Waals surface area contributed by atoms with Crippen LogP contribution in [0.3, 0.4) is 0 Å². The Morgan fingerprint density at radius 2 is 1.60 bits per heavy atom. The predicted molar refractivity (Wildman–Crippen MR) is 236 cm³/mol. The van der Waals surface area contributed by atoms with Gasteiger partial charge in [-0.1, -0.05) is 39.3 Å². The van der Waals surface area contributed by atoms with Gasteiger partial charge in [0.05, 0.1) is 17.1 Å². The lowest BCUT2D eigenvalue weighted by Crippen LogP contribution is -2.74. The van der Waals surface area contributed by atoms with Crippen molar-refractivity contribution in [3.05, 3.63) is 88.1 Å². The highest BCUT2D eigenvalue weighted by molar-refractivity contribution is 6.31. The summed E-state index contributed by atoms with van der Waals surface area (Å²) in [7, 11) is 0. The van der Waals surface area contributed by atoms with Crippen LogP contribution >= 0.6 is 11.6 Å². The van der Waals surface area contributed by atoms with Crippen molar-refractivity contribution >= 4 is 57.6 Å². The number of ether oxygens (including phenoxy) is 1. The number of imide groups is 1. The number of piperazine rings is 1. The van der Waals surface area contributed by atoms with Gasteiger partial charge in [0.2, 0.25) is 11.8 Å². The number of benzene rings is 3. The highest BCUT2D eigenvalue weighted by Crippen LogP contribution is 2.55. The molecular weight excluding hydrogens is 806 g/mol. The maximum atomic E-state index is 13.5. The van der Waals surface area contributed by atoms with Crippen LogP contribution in [-0.4, -0.2) is 97.4 Å². The molecule has 1 aliphatic carbocycles. The Balaban J connectivity index is 0.709. The summed E-state index contributed by atoms with van der Waals surface area (Å²) in [4.78, 5) is 59.7. The molecule has 5 heterocycles. The average Bonchev–Trinajstić information content (AvgIpc) is 3.79. The van der Waals surface area contributed by atoms with Crippen molar-refractivity contribution in [2.75, 3.05) is 55.6 Å². The van der Waals surface area contributed by atoms with Crippen molar-refractivity contribution in [3.63, 3.8) is 0 Å².